The van der Waals surface area contributed by atoms with Crippen molar-refractivity contribution in [2.24, 2.45) is 5.84 Å². The van der Waals surface area contributed by atoms with Crippen molar-refractivity contribution in [1.29, 1.82) is 0 Å². The first-order valence-electron chi connectivity index (χ1n) is 5.26. The van der Waals surface area contributed by atoms with Gasteiger partial charge >= 0.3 is 0 Å². The van der Waals surface area contributed by atoms with Crippen molar-refractivity contribution in [3.05, 3.63) is 54.8 Å². The molecule has 3 N–H and O–H groups in total. The van der Waals surface area contributed by atoms with Gasteiger partial charge in [0.15, 0.2) is 0 Å². The van der Waals surface area contributed by atoms with E-state index < -0.39 is 0 Å². The Hall–Kier alpha value is -0.270. The zero-order chi connectivity index (χ0) is 13.1. The summed E-state index contributed by atoms with van der Waals surface area (Å²) in [6.45, 7) is 0. The SMILES string of the molecule is NNC(Cc1ccc(Br)s1)c1c(F)cccc1Br. The van der Waals surface area contributed by atoms with Crippen molar-refractivity contribution < 1.29 is 4.39 Å². The van der Waals surface area contributed by atoms with E-state index in [0.717, 1.165) is 13.1 Å². The number of benzene rings is 1. The molecule has 0 fully saturated rings. The topological polar surface area (TPSA) is 38.0 Å². The Balaban J connectivity index is 2.28. The molecule has 0 saturated carbocycles. The Labute approximate surface area is 126 Å². The van der Waals surface area contributed by atoms with Gasteiger partial charge in [-0.1, -0.05) is 22.0 Å². The molecule has 2 aromatic rings. The van der Waals surface area contributed by atoms with Gasteiger partial charge in [0.2, 0.25) is 0 Å². The number of thiophene rings is 1. The molecule has 2 nitrogen and oxygen atoms in total. The van der Waals surface area contributed by atoms with Crippen LogP contribution in [0.3, 0.4) is 0 Å². The predicted molar refractivity (Wildman–Crippen MR) is 79.9 cm³/mol. The molecule has 6 heteroatoms. The van der Waals surface area contributed by atoms with Gasteiger partial charge in [-0.2, -0.15) is 0 Å². The molecule has 1 unspecified atom stereocenters. The van der Waals surface area contributed by atoms with Crippen molar-refractivity contribution in [2.75, 3.05) is 0 Å². The molecule has 0 radical (unpaired) electrons. The average Bonchev–Trinajstić information content (AvgIpc) is 2.73. The van der Waals surface area contributed by atoms with Crippen LogP contribution in [0.4, 0.5) is 4.39 Å². The molecular formula is C12H11Br2FN2S. The molecule has 1 heterocycles. The third-order valence-electron chi connectivity index (χ3n) is 2.58. The second kappa shape index (κ2) is 6.25. The van der Waals surface area contributed by atoms with Crippen LogP contribution in [0.1, 0.15) is 16.5 Å². The van der Waals surface area contributed by atoms with Crippen LogP contribution in [0.2, 0.25) is 0 Å². The number of rotatable bonds is 4. The lowest BCUT2D eigenvalue weighted by atomic mass is 10.0. The molecule has 1 aromatic carbocycles. The van der Waals surface area contributed by atoms with E-state index in [1.54, 1.807) is 17.4 Å². The molecule has 0 aliphatic heterocycles. The number of nitrogens with one attached hydrogen (secondary N) is 1. The van der Waals surface area contributed by atoms with Crippen LogP contribution in [-0.4, -0.2) is 0 Å². The van der Waals surface area contributed by atoms with Crippen molar-refractivity contribution in [2.45, 2.75) is 12.5 Å². The summed E-state index contributed by atoms with van der Waals surface area (Å²) in [5.41, 5.74) is 3.24. The first-order chi connectivity index (χ1) is 8.61. The van der Waals surface area contributed by atoms with E-state index in [9.17, 15) is 4.39 Å². The number of nitrogens with two attached hydrogens (primary N) is 1. The van der Waals surface area contributed by atoms with Crippen molar-refractivity contribution >= 4 is 43.2 Å². The fraction of sp³-hybridized carbons (Fsp3) is 0.167. The summed E-state index contributed by atoms with van der Waals surface area (Å²) < 4.78 is 15.6. The number of hydrogen-bond acceptors (Lipinski definition) is 3. The standard InChI is InChI=1S/C12H11Br2FN2S/c13-8-2-1-3-9(15)12(8)10(17-16)6-7-4-5-11(14)18-7/h1-5,10,17H,6,16H2. The molecule has 0 spiro atoms. The van der Waals surface area contributed by atoms with Gasteiger partial charge in [-0.15, -0.1) is 11.3 Å². The zero-order valence-corrected chi connectivity index (χ0v) is 13.3. The number of hydrazine groups is 1. The van der Waals surface area contributed by atoms with E-state index in [0.29, 0.717) is 12.0 Å². The van der Waals surface area contributed by atoms with Crippen LogP contribution < -0.4 is 11.3 Å². The summed E-state index contributed by atoms with van der Waals surface area (Å²) in [7, 11) is 0. The average molecular weight is 394 g/mol. The van der Waals surface area contributed by atoms with Gasteiger partial charge in [0, 0.05) is 21.3 Å². The third-order valence-corrected chi connectivity index (χ3v) is 4.92. The van der Waals surface area contributed by atoms with Gasteiger partial charge in [0.1, 0.15) is 5.82 Å². The Morgan fingerprint density at radius 1 is 1.28 bits per heavy atom. The van der Waals surface area contributed by atoms with E-state index in [4.69, 9.17) is 5.84 Å². The largest absolute Gasteiger partial charge is 0.271 e. The second-order valence-electron chi connectivity index (χ2n) is 3.76. The Morgan fingerprint density at radius 2 is 2.06 bits per heavy atom. The van der Waals surface area contributed by atoms with E-state index in [-0.39, 0.29) is 11.9 Å². The summed E-state index contributed by atoms with van der Waals surface area (Å²) in [4.78, 5) is 1.14. The van der Waals surface area contributed by atoms with Crippen LogP contribution >= 0.6 is 43.2 Å². The maximum atomic E-state index is 13.9. The maximum Gasteiger partial charge on any atom is 0.129 e. The van der Waals surface area contributed by atoms with Crippen LogP contribution in [0, 0.1) is 5.82 Å². The second-order valence-corrected chi connectivity index (χ2v) is 7.17. The van der Waals surface area contributed by atoms with Gasteiger partial charge in [0.25, 0.3) is 0 Å². The normalized spacial score (nSPS) is 12.7. The lowest BCUT2D eigenvalue weighted by Crippen LogP contribution is -2.30. The molecule has 0 amide bonds. The minimum absolute atomic E-state index is 0.258. The highest BCUT2D eigenvalue weighted by molar-refractivity contribution is 9.11. The highest BCUT2D eigenvalue weighted by atomic mass is 79.9. The van der Waals surface area contributed by atoms with E-state index in [1.807, 2.05) is 18.2 Å². The van der Waals surface area contributed by atoms with Crippen LogP contribution in [-0.2, 0) is 6.42 Å². The van der Waals surface area contributed by atoms with Crippen LogP contribution in [0.25, 0.3) is 0 Å². The first kappa shape index (κ1) is 14.1. The van der Waals surface area contributed by atoms with Gasteiger partial charge in [-0.3, -0.25) is 11.3 Å². The molecule has 0 aliphatic carbocycles. The van der Waals surface area contributed by atoms with E-state index in [2.05, 4.69) is 37.3 Å². The fourth-order valence-corrected chi connectivity index (χ4v) is 3.90. The van der Waals surface area contributed by atoms with E-state index in [1.165, 1.54) is 6.07 Å². The summed E-state index contributed by atoms with van der Waals surface area (Å²) in [5, 5.41) is 0. The molecule has 18 heavy (non-hydrogen) atoms. The summed E-state index contributed by atoms with van der Waals surface area (Å²) >= 11 is 8.40. The maximum absolute atomic E-state index is 13.9. The smallest absolute Gasteiger partial charge is 0.129 e. The Bertz CT molecular complexity index is 524. The summed E-state index contributed by atoms with van der Waals surface area (Å²) in [5.74, 6) is 5.29. The molecule has 0 bridgehead atoms. The van der Waals surface area contributed by atoms with Crippen LogP contribution in [0.5, 0.6) is 0 Å². The van der Waals surface area contributed by atoms with Gasteiger partial charge < -0.3 is 0 Å². The highest BCUT2D eigenvalue weighted by Gasteiger charge is 2.18. The first-order valence-corrected chi connectivity index (χ1v) is 7.66. The van der Waals surface area contributed by atoms with Crippen molar-refractivity contribution in [3.8, 4) is 0 Å². The minimum Gasteiger partial charge on any atom is -0.271 e. The van der Waals surface area contributed by atoms with Gasteiger partial charge in [-0.25, -0.2) is 4.39 Å². The molecule has 1 atom stereocenters. The lowest BCUT2D eigenvalue weighted by molar-refractivity contribution is 0.510. The lowest BCUT2D eigenvalue weighted by Gasteiger charge is -2.17. The molecule has 0 aliphatic rings. The molecule has 2 rings (SSSR count). The van der Waals surface area contributed by atoms with Gasteiger partial charge in [-0.05, 0) is 40.2 Å². The summed E-state index contributed by atoms with van der Waals surface area (Å²) in [6, 6.07) is 8.64. The molecule has 96 valence electrons. The van der Waals surface area contributed by atoms with E-state index >= 15 is 0 Å². The monoisotopic (exact) mass is 392 g/mol. The Kier molecular flexibility index (Phi) is 4.91. The molecular weight excluding hydrogens is 383 g/mol. The van der Waals surface area contributed by atoms with Crippen molar-refractivity contribution in [1.82, 2.24) is 5.43 Å². The van der Waals surface area contributed by atoms with Crippen LogP contribution in [0.15, 0.2) is 38.6 Å². The molecule has 1 aromatic heterocycles. The number of hydrogen-bond donors (Lipinski definition) is 2. The fourth-order valence-electron chi connectivity index (χ4n) is 1.75. The molecule has 0 saturated heterocycles. The highest BCUT2D eigenvalue weighted by Crippen LogP contribution is 2.31. The van der Waals surface area contributed by atoms with Gasteiger partial charge in [0.05, 0.1) is 9.83 Å². The quantitative estimate of drug-likeness (QED) is 0.604. The zero-order valence-electron chi connectivity index (χ0n) is 9.29. The third kappa shape index (κ3) is 3.19. The predicted octanol–water partition coefficient (Wildman–Crippen LogP) is 4.16. The van der Waals surface area contributed by atoms with Crippen molar-refractivity contribution in [3.63, 3.8) is 0 Å². The number of halogens is 3. The Morgan fingerprint density at radius 3 is 2.61 bits per heavy atom. The summed E-state index contributed by atoms with van der Waals surface area (Å²) in [6.07, 6.45) is 0.645. The minimum atomic E-state index is -0.261.